The molecule has 1 aliphatic heterocycles. The maximum atomic E-state index is 12.6. The van der Waals surface area contributed by atoms with Crippen molar-refractivity contribution in [1.29, 1.82) is 0 Å². The number of benzene rings is 2. The summed E-state index contributed by atoms with van der Waals surface area (Å²) >= 11 is 0. The van der Waals surface area contributed by atoms with E-state index in [2.05, 4.69) is 12.1 Å². The molecule has 0 saturated carbocycles. The molecule has 1 aliphatic rings. The van der Waals surface area contributed by atoms with Crippen LogP contribution in [0.25, 0.3) is 0 Å². The Balaban J connectivity index is 1.65. The van der Waals surface area contributed by atoms with Gasteiger partial charge in [0.1, 0.15) is 0 Å². The highest BCUT2D eigenvalue weighted by atomic mass is 16.4. The summed E-state index contributed by atoms with van der Waals surface area (Å²) in [5.74, 6) is -0.629. The number of nitrogens with zero attached hydrogens (tertiary/aromatic N) is 1. The number of carboxylic acids is 1. The zero-order valence-corrected chi connectivity index (χ0v) is 12.8. The third-order valence-electron chi connectivity index (χ3n) is 4.30. The summed E-state index contributed by atoms with van der Waals surface area (Å²) in [6, 6.07) is 16.5. The first-order valence-corrected chi connectivity index (χ1v) is 7.80. The van der Waals surface area contributed by atoms with E-state index >= 15 is 0 Å². The Morgan fingerprint density at radius 3 is 2.52 bits per heavy atom. The van der Waals surface area contributed by atoms with Crippen LogP contribution in [0.2, 0.25) is 0 Å². The standard InChI is InChI=1S/C19H19NO3/c21-18(16-7-4-8-17(12-16)19(22)23)20-10-9-15(13-20)11-14-5-2-1-3-6-14/h1-8,12,15H,9-11,13H2,(H,22,23). The van der Waals surface area contributed by atoms with Gasteiger partial charge in [-0.1, -0.05) is 36.4 Å². The summed E-state index contributed by atoms with van der Waals surface area (Å²) in [5, 5.41) is 9.04. The van der Waals surface area contributed by atoms with Gasteiger partial charge in [-0.15, -0.1) is 0 Å². The molecule has 2 aromatic carbocycles. The molecule has 1 N–H and O–H groups in total. The molecular weight excluding hydrogens is 290 g/mol. The van der Waals surface area contributed by atoms with E-state index in [0.29, 0.717) is 11.5 Å². The highest BCUT2D eigenvalue weighted by molar-refractivity contribution is 5.97. The normalized spacial score (nSPS) is 17.2. The largest absolute Gasteiger partial charge is 0.478 e. The molecule has 118 valence electrons. The fraction of sp³-hybridized carbons (Fsp3) is 0.263. The molecule has 1 heterocycles. The van der Waals surface area contributed by atoms with Crippen LogP contribution in [-0.4, -0.2) is 35.0 Å². The molecular formula is C19H19NO3. The number of aromatic carboxylic acids is 1. The summed E-state index contributed by atoms with van der Waals surface area (Å²) in [5.41, 5.74) is 1.89. The number of amides is 1. The molecule has 4 nitrogen and oxygen atoms in total. The van der Waals surface area contributed by atoms with E-state index in [1.165, 1.54) is 17.7 Å². The first-order valence-electron chi connectivity index (χ1n) is 7.80. The van der Waals surface area contributed by atoms with Gasteiger partial charge in [-0.25, -0.2) is 4.79 Å². The van der Waals surface area contributed by atoms with Crippen LogP contribution in [0.4, 0.5) is 0 Å². The van der Waals surface area contributed by atoms with Crippen LogP contribution >= 0.6 is 0 Å². The van der Waals surface area contributed by atoms with Crippen LogP contribution in [-0.2, 0) is 6.42 Å². The molecule has 0 aromatic heterocycles. The minimum absolute atomic E-state index is 0.0799. The summed E-state index contributed by atoms with van der Waals surface area (Å²) in [4.78, 5) is 25.4. The Hall–Kier alpha value is -2.62. The first kappa shape index (κ1) is 15.3. The second kappa shape index (κ2) is 6.65. The monoisotopic (exact) mass is 309 g/mol. The molecule has 2 aromatic rings. The van der Waals surface area contributed by atoms with Gasteiger partial charge in [-0.2, -0.15) is 0 Å². The van der Waals surface area contributed by atoms with Crippen molar-refractivity contribution in [1.82, 2.24) is 4.90 Å². The van der Waals surface area contributed by atoms with Crippen LogP contribution in [0.1, 0.15) is 32.7 Å². The van der Waals surface area contributed by atoms with Crippen LogP contribution in [0.3, 0.4) is 0 Å². The number of carboxylic acid groups (broad SMARTS) is 1. The summed E-state index contributed by atoms with van der Waals surface area (Å²) < 4.78 is 0. The fourth-order valence-electron chi connectivity index (χ4n) is 3.10. The zero-order valence-electron chi connectivity index (χ0n) is 12.8. The van der Waals surface area contributed by atoms with Crippen LogP contribution < -0.4 is 0 Å². The van der Waals surface area contributed by atoms with Crippen molar-refractivity contribution in [3.63, 3.8) is 0 Å². The number of hydrogen-bond acceptors (Lipinski definition) is 2. The minimum atomic E-state index is -1.01. The molecule has 1 saturated heterocycles. The third kappa shape index (κ3) is 3.59. The van der Waals surface area contributed by atoms with Crippen molar-refractivity contribution in [2.24, 2.45) is 5.92 Å². The molecule has 3 rings (SSSR count). The smallest absolute Gasteiger partial charge is 0.335 e. The predicted molar refractivity (Wildman–Crippen MR) is 87.6 cm³/mol. The summed E-state index contributed by atoms with van der Waals surface area (Å²) in [6.45, 7) is 1.46. The highest BCUT2D eigenvalue weighted by Gasteiger charge is 2.27. The SMILES string of the molecule is O=C(O)c1cccc(C(=O)N2CCC(Cc3ccccc3)C2)c1. The summed E-state index contributed by atoms with van der Waals surface area (Å²) in [6.07, 6.45) is 1.96. The van der Waals surface area contributed by atoms with E-state index in [0.717, 1.165) is 25.9 Å². The highest BCUT2D eigenvalue weighted by Crippen LogP contribution is 2.22. The minimum Gasteiger partial charge on any atom is -0.478 e. The number of rotatable bonds is 4. The maximum absolute atomic E-state index is 12.6. The fourth-order valence-corrected chi connectivity index (χ4v) is 3.10. The van der Waals surface area contributed by atoms with Gasteiger partial charge in [0.15, 0.2) is 0 Å². The third-order valence-corrected chi connectivity index (χ3v) is 4.30. The second-order valence-corrected chi connectivity index (χ2v) is 5.98. The van der Waals surface area contributed by atoms with Crippen LogP contribution in [0, 0.1) is 5.92 Å². The molecule has 1 unspecified atom stereocenters. The lowest BCUT2D eigenvalue weighted by Gasteiger charge is -2.17. The van der Waals surface area contributed by atoms with Gasteiger partial charge in [-0.05, 0) is 42.5 Å². The van der Waals surface area contributed by atoms with E-state index in [-0.39, 0.29) is 11.5 Å². The first-order chi connectivity index (χ1) is 11.1. The van der Waals surface area contributed by atoms with Gasteiger partial charge < -0.3 is 10.0 Å². The number of likely N-dealkylation sites (tertiary alicyclic amines) is 1. The molecule has 0 aliphatic carbocycles. The molecule has 1 atom stereocenters. The van der Waals surface area contributed by atoms with E-state index in [9.17, 15) is 9.59 Å². The average molecular weight is 309 g/mol. The lowest BCUT2D eigenvalue weighted by atomic mass is 9.99. The van der Waals surface area contributed by atoms with Gasteiger partial charge >= 0.3 is 5.97 Å². The maximum Gasteiger partial charge on any atom is 0.335 e. The van der Waals surface area contributed by atoms with Crippen molar-refractivity contribution in [2.75, 3.05) is 13.1 Å². The second-order valence-electron chi connectivity index (χ2n) is 5.98. The Bertz CT molecular complexity index is 712. The molecule has 0 radical (unpaired) electrons. The quantitative estimate of drug-likeness (QED) is 0.944. The Morgan fingerprint density at radius 1 is 1.04 bits per heavy atom. The van der Waals surface area contributed by atoms with Crippen molar-refractivity contribution in [3.8, 4) is 0 Å². The number of carbonyl (C=O) groups excluding carboxylic acids is 1. The van der Waals surface area contributed by atoms with Crippen molar-refractivity contribution in [2.45, 2.75) is 12.8 Å². The van der Waals surface area contributed by atoms with Gasteiger partial charge in [0.25, 0.3) is 5.91 Å². The number of hydrogen-bond donors (Lipinski definition) is 1. The van der Waals surface area contributed by atoms with Crippen molar-refractivity contribution < 1.29 is 14.7 Å². The number of carbonyl (C=O) groups is 2. The van der Waals surface area contributed by atoms with E-state index in [1.54, 1.807) is 12.1 Å². The van der Waals surface area contributed by atoms with Gasteiger partial charge in [-0.3, -0.25) is 4.79 Å². The molecule has 0 spiro atoms. The molecule has 1 fully saturated rings. The zero-order chi connectivity index (χ0) is 16.2. The Labute approximate surface area is 135 Å². The molecule has 1 amide bonds. The van der Waals surface area contributed by atoms with E-state index in [4.69, 9.17) is 5.11 Å². The Kier molecular flexibility index (Phi) is 4.42. The molecule has 23 heavy (non-hydrogen) atoms. The van der Waals surface area contributed by atoms with E-state index in [1.807, 2.05) is 23.1 Å². The predicted octanol–water partition coefficient (Wildman–Crippen LogP) is 3.09. The van der Waals surface area contributed by atoms with Crippen LogP contribution in [0.5, 0.6) is 0 Å². The molecule has 4 heteroatoms. The van der Waals surface area contributed by atoms with Crippen molar-refractivity contribution in [3.05, 3.63) is 71.3 Å². The van der Waals surface area contributed by atoms with Gasteiger partial charge in [0, 0.05) is 18.7 Å². The van der Waals surface area contributed by atoms with Crippen molar-refractivity contribution >= 4 is 11.9 Å². The van der Waals surface area contributed by atoms with Crippen LogP contribution in [0.15, 0.2) is 54.6 Å². The Morgan fingerprint density at radius 2 is 1.78 bits per heavy atom. The van der Waals surface area contributed by atoms with E-state index < -0.39 is 5.97 Å². The average Bonchev–Trinajstić information content (AvgIpc) is 3.03. The van der Waals surface area contributed by atoms with Gasteiger partial charge in [0.05, 0.1) is 5.56 Å². The topological polar surface area (TPSA) is 57.6 Å². The van der Waals surface area contributed by atoms with Gasteiger partial charge in [0.2, 0.25) is 0 Å². The lowest BCUT2D eigenvalue weighted by molar-refractivity contribution is 0.0697. The lowest BCUT2D eigenvalue weighted by Crippen LogP contribution is -2.29. The molecule has 0 bridgehead atoms. The summed E-state index contributed by atoms with van der Waals surface area (Å²) in [7, 11) is 0.